The maximum Gasteiger partial charge on any atom is 0.327 e. The zero-order valence-electron chi connectivity index (χ0n) is 42.1. The molecule has 0 saturated carbocycles. The van der Waals surface area contributed by atoms with Crippen LogP contribution >= 0.6 is 25.3 Å². The smallest absolute Gasteiger partial charge is 0.327 e. The highest BCUT2D eigenvalue weighted by Crippen LogP contribution is 2.20. The van der Waals surface area contributed by atoms with Crippen molar-refractivity contribution in [2.24, 2.45) is 55.1 Å². The summed E-state index contributed by atoms with van der Waals surface area (Å²) in [5, 5.41) is 28.6. The quantitative estimate of drug-likeness (QED) is 0.0119. The van der Waals surface area contributed by atoms with E-state index in [4.69, 9.17) is 40.1 Å². The lowest BCUT2D eigenvalue weighted by molar-refractivity contribution is -0.141. The molecule has 0 fully saturated rings. The molecule has 3 aromatic rings. The van der Waals surface area contributed by atoms with Crippen LogP contribution < -0.4 is 77.4 Å². The molecule has 416 valence electrons. The fraction of sp³-hybridized carbons (Fsp3) is 0.468. The van der Waals surface area contributed by atoms with E-state index in [1.165, 1.54) is 6.92 Å². The van der Waals surface area contributed by atoms with Crippen LogP contribution in [0.25, 0.3) is 10.9 Å². The topological polar surface area (TPSA) is 476 Å². The van der Waals surface area contributed by atoms with Crippen LogP contribution in [0.2, 0.25) is 0 Å². The summed E-state index contributed by atoms with van der Waals surface area (Å²) in [6.07, 6.45) is 2.14. The number of nitrogens with two attached hydrogens (primary N) is 7. The van der Waals surface area contributed by atoms with E-state index in [1.54, 1.807) is 42.6 Å². The summed E-state index contributed by atoms with van der Waals surface area (Å²) in [5.74, 6) is -7.99. The first-order valence-electron chi connectivity index (χ1n) is 24.2. The maximum atomic E-state index is 14.6. The third-order valence-corrected chi connectivity index (χ3v) is 12.2. The fourth-order valence-corrected chi connectivity index (χ4v) is 7.91. The molecule has 0 aliphatic rings. The second-order valence-corrected chi connectivity index (χ2v) is 18.2. The minimum Gasteiger partial charge on any atom is -0.480 e. The number of aliphatic imine (C=N–C) groups is 3. The molecule has 0 aliphatic heterocycles. The maximum absolute atomic E-state index is 14.6. The third kappa shape index (κ3) is 22.0. The lowest BCUT2D eigenvalue weighted by atomic mass is 10.0. The first kappa shape index (κ1) is 62.5. The Hall–Kier alpha value is -7.79. The number of nitrogens with one attached hydrogen (secondary N) is 8. The summed E-state index contributed by atoms with van der Waals surface area (Å²) in [6.45, 7) is 1.66. The lowest BCUT2D eigenvalue weighted by Gasteiger charge is -2.27. The van der Waals surface area contributed by atoms with Crippen molar-refractivity contribution in [3.8, 4) is 0 Å². The van der Waals surface area contributed by atoms with Gasteiger partial charge in [-0.05, 0) is 62.6 Å². The van der Waals surface area contributed by atoms with Gasteiger partial charge in [-0.3, -0.25) is 48.5 Å². The van der Waals surface area contributed by atoms with Gasteiger partial charge in [0.15, 0.2) is 17.9 Å². The molecule has 0 unspecified atom stereocenters. The number of guanidine groups is 3. The number of aromatic amines is 1. The molecule has 29 heteroatoms. The van der Waals surface area contributed by atoms with E-state index in [2.05, 4.69) is 82.4 Å². The van der Waals surface area contributed by atoms with Gasteiger partial charge in [0.1, 0.15) is 42.3 Å². The Balaban J connectivity index is 1.92. The normalized spacial score (nSPS) is 14.1. The minimum atomic E-state index is -1.41. The summed E-state index contributed by atoms with van der Waals surface area (Å²) >= 11 is 8.25. The van der Waals surface area contributed by atoms with Gasteiger partial charge >= 0.3 is 5.97 Å². The number of nitrogens with zero attached hydrogens (tertiary/aromatic N) is 3. The molecule has 1 aromatic heterocycles. The number of hydrogen-bond donors (Lipinski definition) is 18. The van der Waals surface area contributed by atoms with E-state index in [9.17, 15) is 43.5 Å². The second kappa shape index (κ2) is 32.5. The van der Waals surface area contributed by atoms with Gasteiger partial charge in [0.25, 0.3) is 0 Å². The van der Waals surface area contributed by atoms with Crippen LogP contribution in [0.3, 0.4) is 0 Å². The molecule has 8 atom stereocenters. The highest BCUT2D eigenvalue weighted by Gasteiger charge is 2.34. The molecular formula is C47H72N18O9S2. The van der Waals surface area contributed by atoms with Crippen molar-refractivity contribution in [1.29, 1.82) is 0 Å². The molecule has 0 saturated heterocycles. The average Bonchev–Trinajstić information content (AvgIpc) is 3.79. The second-order valence-electron chi connectivity index (χ2n) is 17.5. The zero-order valence-corrected chi connectivity index (χ0v) is 43.9. The molecule has 0 radical (unpaired) electrons. The molecular weight excluding hydrogens is 1020 g/mol. The van der Waals surface area contributed by atoms with Gasteiger partial charge in [-0.15, -0.1) is 0 Å². The molecule has 27 nitrogen and oxygen atoms in total. The van der Waals surface area contributed by atoms with E-state index in [-0.39, 0.29) is 94.0 Å². The number of carbonyl (C=O) groups excluding carboxylic acids is 7. The van der Waals surface area contributed by atoms with Crippen molar-refractivity contribution in [3.05, 3.63) is 71.9 Å². The summed E-state index contributed by atoms with van der Waals surface area (Å²) < 4.78 is 0. The standard InChI is InChI=1S/C47H72N18O9S2/c1-25(59-43(72)35(23-75)64-38(67)29(48)13-7-17-55-45(49)50)37(66)60-31(15-8-18-56-46(51)52)39(68)62-33(20-26-10-3-2-4-11-26)41(70)61-32(16-9-19-57-47(53)54)40(69)63-34(42(71)65-36(24-76)44(73)74)21-27-22-58-30-14-6-5-12-28(27)30/h2-6,10-12,14,22,25,29,31-36,58,75-76H,7-9,13,15-21,23-24,48H2,1H3,(H,59,72)(H,60,66)(H,61,70)(H,62,68)(H,63,69)(H,64,67)(H,65,71)(H,73,74)(H4,49,50,55)(H4,51,52,56)(H4,53,54,57)/t25-,29+,31+,32-,33-,34+,35+,36+/m1/s1. The first-order valence-corrected chi connectivity index (χ1v) is 25.5. The number of rotatable bonds is 33. The average molecular weight is 1100 g/mol. The molecule has 7 amide bonds. The molecule has 0 aliphatic carbocycles. The van der Waals surface area contributed by atoms with Gasteiger partial charge in [-0.2, -0.15) is 25.3 Å². The Kier molecular flexibility index (Phi) is 26.7. The summed E-state index contributed by atoms with van der Waals surface area (Å²) in [6, 6.07) is 5.33. The summed E-state index contributed by atoms with van der Waals surface area (Å²) in [5.41, 5.74) is 40.7. The van der Waals surface area contributed by atoms with Crippen molar-refractivity contribution < 1.29 is 43.5 Å². The van der Waals surface area contributed by atoms with Crippen LogP contribution in [0.4, 0.5) is 0 Å². The number of aromatic nitrogens is 1. The molecule has 2 aromatic carbocycles. The van der Waals surface area contributed by atoms with E-state index in [1.807, 2.05) is 18.2 Å². The number of carboxylic acid groups (broad SMARTS) is 1. The van der Waals surface area contributed by atoms with Crippen LogP contribution in [0.5, 0.6) is 0 Å². The number of benzene rings is 2. The van der Waals surface area contributed by atoms with E-state index < -0.39 is 95.7 Å². The van der Waals surface area contributed by atoms with Gasteiger partial charge in [0, 0.05) is 61.1 Å². The predicted molar refractivity (Wildman–Crippen MR) is 294 cm³/mol. The van der Waals surface area contributed by atoms with Gasteiger partial charge in [0.2, 0.25) is 41.4 Å². The van der Waals surface area contributed by atoms with Gasteiger partial charge < -0.3 is 87.4 Å². The van der Waals surface area contributed by atoms with E-state index in [0.29, 0.717) is 17.5 Å². The number of H-pyrrole nitrogens is 1. The fourth-order valence-electron chi connectivity index (χ4n) is 7.41. The van der Waals surface area contributed by atoms with Crippen LogP contribution in [0.1, 0.15) is 56.6 Å². The first-order chi connectivity index (χ1) is 36.1. The molecule has 3 rings (SSSR count). The molecule has 0 bridgehead atoms. The Morgan fingerprint density at radius 2 is 0.947 bits per heavy atom. The van der Waals surface area contributed by atoms with Gasteiger partial charge in [0.05, 0.1) is 6.04 Å². The Morgan fingerprint density at radius 1 is 0.526 bits per heavy atom. The number of carbonyl (C=O) groups is 8. The summed E-state index contributed by atoms with van der Waals surface area (Å²) in [7, 11) is 0. The van der Waals surface area contributed by atoms with E-state index in [0.717, 1.165) is 10.9 Å². The number of hydrogen-bond acceptors (Lipinski definition) is 14. The lowest BCUT2D eigenvalue weighted by Crippen LogP contribution is -2.60. The van der Waals surface area contributed by atoms with Crippen LogP contribution in [-0.2, 0) is 51.2 Å². The highest BCUT2D eigenvalue weighted by molar-refractivity contribution is 7.80. The molecule has 0 spiro atoms. The van der Waals surface area contributed by atoms with Crippen LogP contribution in [-0.4, -0.2) is 155 Å². The van der Waals surface area contributed by atoms with Crippen molar-refractivity contribution in [3.63, 3.8) is 0 Å². The van der Waals surface area contributed by atoms with Crippen LogP contribution in [0, 0.1) is 0 Å². The number of aliphatic carboxylic acids is 1. The molecule has 76 heavy (non-hydrogen) atoms. The summed E-state index contributed by atoms with van der Waals surface area (Å²) in [4.78, 5) is 124. The number of thiol groups is 2. The van der Waals surface area contributed by atoms with Crippen molar-refractivity contribution in [2.75, 3.05) is 31.1 Å². The van der Waals surface area contributed by atoms with Crippen LogP contribution in [0.15, 0.2) is 75.8 Å². The van der Waals surface area contributed by atoms with Crippen molar-refractivity contribution >= 4 is 101 Å². The van der Waals surface area contributed by atoms with Crippen molar-refractivity contribution in [2.45, 2.75) is 107 Å². The Morgan fingerprint density at radius 3 is 1.46 bits per heavy atom. The molecule has 23 N–H and O–H groups in total. The number of amides is 7. The monoisotopic (exact) mass is 1100 g/mol. The van der Waals surface area contributed by atoms with Gasteiger partial charge in [-0.1, -0.05) is 48.5 Å². The van der Waals surface area contributed by atoms with Gasteiger partial charge in [-0.25, -0.2) is 4.79 Å². The highest BCUT2D eigenvalue weighted by atomic mass is 32.1. The SMILES string of the molecule is C[C@@H](NC(=O)[C@H](CS)NC(=O)[C@@H](N)CCCN=C(N)N)C(=O)N[C@@H](CCCN=C(N)N)C(=O)N[C@H](Cc1ccccc1)C(=O)N[C@H](CCCN=C(N)N)C(=O)N[C@@H](Cc1c[nH]c2ccccc12)C(=O)N[C@@H](CS)C(=O)O. The Bertz CT molecular complexity index is 2520. The zero-order chi connectivity index (χ0) is 56.3. The predicted octanol–water partition coefficient (Wildman–Crippen LogP) is -4.20. The molecule has 1 heterocycles. The number of para-hydroxylation sites is 1. The Labute approximate surface area is 450 Å². The van der Waals surface area contributed by atoms with E-state index >= 15 is 0 Å². The van der Waals surface area contributed by atoms with Crippen molar-refractivity contribution in [1.82, 2.24) is 42.2 Å². The third-order valence-electron chi connectivity index (χ3n) is 11.5. The minimum absolute atomic E-state index is 0.0364. The largest absolute Gasteiger partial charge is 0.480 e. The number of fused-ring (bicyclic) bond motifs is 1. The number of carboxylic acids is 1.